The number of hydrogen-bond acceptors (Lipinski definition) is 7. The standard InChI is InChI=1S/C30H31F2N3O5.ClH/c1-18-6-11-22(12-7-18)33-28(36)23-4-3-5-27(34-23)40-29(37)24-14-21(16-35(24)2)20-10-13-25(39-30(31)32)26(15-20)38-17-19-8-9-19;/h3-7,10-13,15,19,21,24,30H,8-9,14,16-17H2,1-2H3,(H,33,36);1H/t21-,24-;/m1./s1. The summed E-state index contributed by atoms with van der Waals surface area (Å²) in [7, 11) is 1.82. The summed E-state index contributed by atoms with van der Waals surface area (Å²) in [6.45, 7) is 0.0193. The second kappa shape index (κ2) is 13.3. The molecule has 5 rings (SSSR count). The number of alkyl halides is 2. The molecule has 2 atom stereocenters. The van der Waals surface area contributed by atoms with Crippen molar-refractivity contribution in [3.8, 4) is 17.4 Å². The largest absolute Gasteiger partial charge is 0.489 e. The zero-order chi connectivity index (χ0) is 28.2. The van der Waals surface area contributed by atoms with Crippen molar-refractivity contribution in [2.24, 2.45) is 5.92 Å². The minimum absolute atomic E-state index is 0. The number of pyridine rings is 1. The number of aromatic nitrogens is 1. The van der Waals surface area contributed by atoms with Crippen molar-refractivity contribution in [2.45, 2.75) is 44.8 Å². The van der Waals surface area contributed by atoms with Gasteiger partial charge in [0, 0.05) is 18.3 Å². The third kappa shape index (κ3) is 7.92. The Kier molecular flexibility index (Phi) is 9.77. The van der Waals surface area contributed by atoms with Gasteiger partial charge in [0.15, 0.2) is 11.5 Å². The number of aryl methyl sites for hydroxylation is 1. The van der Waals surface area contributed by atoms with E-state index >= 15 is 0 Å². The Morgan fingerprint density at radius 2 is 1.83 bits per heavy atom. The van der Waals surface area contributed by atoms with Gasteiger partial charge in [0.2, 0.25) is 5.88 Å². The van der Waals surface area contributed by atoms with E-state index in [4.69, 9.17) is 9.47 Å². The molecule has 1 aliphatic heterocycles. The molecule has 41 heavy (non-hydrogen) atoms. The van der Waals surface area contributed by atoms with Gasteiger partial charge in [-0.25, -0.2) is 9.78 Å². The van der Waals surface area contributed by atoms with Crippen LogP contribution < -0.4 is 19.5 Å². The van der Waals surface area contributed by atoms with Crippen molar-refractivity contribution in [1.82, 2.24) is 9.88 Å². The minimum atomic E-state index is -2.95. The van der Waals surface area contributed by atoms with Gasteiger partial charge >= 0.3 is 12.6 Å². The maximum atomic E-state index is 13.1. The fourth-order valence-corrected chi connectivity index (χ4v) is 4.69. The molecule has 1 aromatic heterocycles. The van der Waals surface area contributed by atoms with Gasteiger partial charge in [-0.1, -0.05) is 29.8 Å². The highest BCUT2D eigenvalue weighted by Gasteiger charge is 2.37. The Bertz CT molecular complexity index is 1370. The van der Waals surface area contributed by atoms with Crippen LogP contribution in [0.15, 0.2) is 60.7 Å². The molecule has 0 unspecified atom stereocenters. The van der Waals surface area contributed by atoms with Crippen LogP contribution in [0.3, 0.4) is 0 Å². The van der Waals surface area contributed by atoms with E-state index in [0.717, 1.165) is 24.0 Å². The first-order valence-electron chi connectivity index (χ1n) is 13.2. The van der Waals surface area contributed by atoms with Gasteiger partial charge < -0.3 is 19.5 Å². The van der Waals surface area contributed by atoms with Gasteiger partial charge in [-0.3, -0.25) is 9.69 Å². The second-order valence-electron chi connectivity index (χ2n) is 10.3. The Morgan fingerprint density at radius 1 is 1.07 bits per heavy atom. The van der Waals surface area contributed by atoms with E-state index in [1.807, 2.05) is 31.0 Å². The van der Waals surface area contributed by atoms with Gasteiger partial charge in [-0.05, 0) is 81.0 Å². The van der Waals surface area contributed by atoms with E-state index in [1.54, 1.807) is 36.4 Å². The van der Waals surface area contributed by atoms with Gasteiger partial charge in [-0.15, -0.1) is 12.4 Å². The molecule has 0 radical (unpaired) electrons. The zero-order valence-electron chi connectivity index (χ0n) is 22.7. The molecule has 11 heteroatoms. The van der Waals surface area contributed by atoms with Crippen LogP contribution in [0.5, 0.6) is 17.4 Å². The van der Waals surface area contributed by atoms with Crippen LogP contribution in [0.2, 0.25) is 0 Å². The molecule has 3 aromatic rings. The van der Waals surface area contributed by atoms with Gasteiger partial charge in [0.25, 0.3) is 5.91 Å². The molecule has 0 bridgehead atoms. The Balaban J connectivity index is 0.00000387. The summed E-state index contributed by atoms with van der Waals surface area (Å²) in [5, 5.41) is 2.78. The van der Waals surface area contributed by atoms with Gasteiger partial charge in [-0.2, -0.15) is 8.78 Å². The lowest BCUT2D eigenvalue weighted by Gasteiger charge is -2.17. The first kappa shape index (κ1) is 30.2. The summed E-state index contributed by atoms with van der Waals surface area (Å²) in [6.07, 6.45) is 2.59. The monoisotopic (exact) mass is 587 g/mol. The first-order chi connectivity index (χ1) is 19.2. The molecular formula is C30H32ClF2N3O5. The van der Waals surface area contributed by atoms with E-state index in [2.05, 4.69) is 15.0 Å². The Morgan fingerprint density at radius 3 is 2.54 bits per heavy atom. The fourth-order valence-electron chi connectivity index (χ4n) is 4.69. The second-order valence-corrected chi connectivity index (χ2v) is 10.3. The molecule has 1 N–H and O–H groups in total. The molecule has 1 saturated heterocycles. The van der Waals surface area contributed by atoms with Gasteiger partial charge in [0.05, 0.1) is 6.61 Å². The minimum Gasteiger partial charge on any atom is -0.489 e. The number of hydrogen-bond donors (Lipinski definition) is 1. The number of carbonyl (C=O) groups excluding carboxylic acids is 2. The molecule has 1 aliphatic carbocycles. The SMILES string of the molecule is Cc1ccc(NC(=O)c2cccc(OC(=O)[C@H]3C[C@@H](c4ccc(OC(F)F)c(OCC5CC5)c4)CN3C)n2)cc1.Cl. The van der Waals surface area contributed by atoms with Crippen molar-refractivity contribution in [3.63, 3.8) is 0 Å². The van der Waals surface area contributed by atoms with E-state index in [1.165, 1.54) is 12.1 Å². The van der Waals surface area contributed by atoms with Crippen LogP contribution in [-0.2, 0) is 4.79 Å². The number of nitrogens with one attached hydrogen (secondary N) is 1. The quantitative estimate of drug-likeness (QED) is 0.298. The van der Waals surface area contributed by atoms with Crippen molar-refractivity contribution in [1.29, 1.82) is 0 Å². The average molecular weight is 588 g/mol. The number of likely N-dealkylation sites (tertiary alicyclic amines) is 1. The number of benzene rings is 2. The molecule has 1 saturated carbocycles. The number of ether oxygens (including phenoxy) is 3. The number of likely N-dealkylation sites (N-methyl/N-ethyl adjacent to an activating group) is 1. The van der Waals surface area contributed by atoms with Crippen LogP contribution in [0, 0.1) is 12.8 Å². The van der Waals surface area contributed by atoms with Crippen LogP contribution in [0.4, 0.5) is 14.5 Å². The molecule has 2 fully saturated rings. The number of anilines is 1. The van der Waals surface area contributed by atoms with E-state index in [0.29, 0.717) is 31.2 Å². The summed E-state index contributed by atoms with van der Waals surface area (Å²) in [6, 6.07) is 16.4. The van der Waals surface area contributed by atoms with Crippen LogP contribution in [0.1, 0.15) is 46.8 Å². The fraction of sp³-hybridized carbons (Fsp3) is 0.367. The number of rotatable bonds is 10. The maximum Gasteiger partial charge on any atom is 0.387 e. The molecule has 218 valence electrons. The number of esters is 1. The molecule has 2 aliphatic rings. The molecule has 2 aromatic carbocycles. The molecule has 2 heterocycles. The highest BCUT2D eigenvalue weighted by atomic mass is 35.5. The summed E-state index contributed by atoms with van der Waals surface area (Å²) in [4.78, 5) is 31.9. The summed E-state index contributed by atoms with van der Waals surface area (Å²) >= 11 is 0. The lowest BCUT2D eigenvalue weighted by molar-refractivity contribution is -0.139. The zero-order valence-corrected chi connectivity index (χ0v) is 23.5. The molecule has 1 amide bonds. The Labute approximate surface area is 243 Å². The smallest absolute Gasteiger partial charge is 0.387 e. The average Bonchev–Trinajstić information content (AvgIpc) is 3.68. The lowest BCUT2D eigenvalue weighted by Crippen LogP contribution is -2.36. The van der Waals surface area contributed by atoms with Crippen LogP contribution in [0.25, 0.3) is 0 Å². The van der Waals surface area contributed by atoms with Crippen molar-refractivity contribution >= 4 is 30.0 Å². The predicted molar refractivity (Wildman–Crippen MR) is 151 cm³/mol. The third-order valence-electron chi connectivity index (χ3n) is 7.12. The van der Waals surface area contributed by atoms with Crippen LogP contribution >= 0.6 is 12.4 Å². The molecule has 8 nitrogen and oxygen atoms in total. The summed E-state index contributed by atoms with van der Waals surface area (Å²) < 4.78 is 41.8. The molecular weight excluding hydrogens is 556 g/mol. The number of halogens is 3. The Hall–Kier alpha value is -3.76. The number of carbonyl (C=O) groups is 2. The first-order valence-corrected chi connectivity index (χ1v) is 13.2. The summed E-state index contributed by atoms with van der Waals surface area (Å²) in [5.74, 6) is -0.202. The van der Waals surface area contributed by atoms with Crippen molar-refractivity contribution in [3.05, 3.63) is 77.5 Å². The van der Waals surface area contributed by atoms with Crippen LogP contribution in [-0.4, -0.2) is 54.6 Å². The maximum absolute atomic E-state index is 13.1. The van der Waals surface area contributed by atoms with E-state index in [9.17, 15) is 18.4 Å². The molecule has 0 spiro atoms. The van der Waals surface area contributed by atoms with E-state index in [-0.39, 0.29) is 41.4 Å². The van der Waals surface area contributed by atoms with Crippen molar-refractivity contribution in [2.75, 3.05) is 25.5 Å². The normalized spacial score (nSPS) is 18.5. The topological polar surface area (TPSA) is 90.0 Å². The third-order valence-corrected chi connectivity index (χ3v) is 7.12. The predicted octanol–water partition coefficient (Wildman–Crippen LogP) is 5.85. The lowest BCUT2D eigenvalue weighted by atomic mass is 9.96. The number of amides is 1. The summed E-state index contributed by atoms with van der Waals surface area (Å²) in [5.41, 5.74) is 2.69. The highest BCUT2D eigenvalue weighted by molar-refractivity contribution is 6.03. The highest BCUT2D eigenvalue weighted by Crippen LogP contribution is 2.38. The van der Waals surface area contributed by atoms with Gasteiger partial charge in [0.1, 0.15) is 11.7 Å². The number of nitrogens with zero attached hydrogens (tertiary/aromatic N) is 2. The van der Waals surface area contributed by atoms with Crippen molar-refractivity contribution < 1.29 is 32.6 Å². The van der Waals surface area contributed by atoms with E-state index < -0.39 is 24.5 Å².